The lowest BCUT2D eigenvalue weighted by Crippen LogP contribution is -2.55. The molecule has 1 aromatic rings. The Morgan fingerprint density at radius 1 is 0.909 bits per heavy atom. The second-order valence-corrected chi connectivity index (χ2v) is 8.85. The summed E-state index contributed by atoms with van der Waals surface area (Å²) in [5.41, 5.74) is 0.829. The topological polar surface area (TPSA) is 114 Å². The van der Waals surface area contributed by atoms with Crippen LogP contribution in [0.15, 0.2) is 43.0 Å². The largest absolute Gasteiger partial charge is 0.445 e. The molecule has 3 unspecified atom stereocenters. The number of hydrogen-bond donors (Lipinski definition) is 3. The number of alkyl carbamates (subject to hydrolysis) is 1. The first kappa shape index (κ1) is 27.9. The van der Waals surface area contributed by atoms with Crippen molar-refractivity contribution in [3.05, 3.63) is 48.6 Å². The summed E-state index contributed by atoms with van der Waals surface area (Å²) in [6.07, 6.45) is 2.51. The Morgan fingerprint density at radius 3 is 1.97 bits per heavy atom. The normalized spacial score (nSPS) is 13.5. The van der Waals surface area contributed by atoms with Crippen molar-refractivity contribution in [2.24, 2.45) is 11.8 Å². The molecule has 33 heavy (non-hydrogen) atoms. The van der Waals surface area contributed by atoms with Crippen LogP contribution in [0.3, 0.4) is 0 Å². The van der Waals surface area contributed by atoms with E-state index < -0.39 is 36.0 Å². The molecular formula is C25H37N3O5. The molecule has 0 aromatic heterocycles. The van der Waals surface area contributed by atoms with E-state index in [2.05, 4.69) is 22.5 Å². The van der Waals surface area contributed by atoms with Gasteiger partial charge < -0.3 is 25.5 Å². The van der Waals surface area contributed by atoms with Gasteiger partial charge in [0.25, 0.3) is 0 Å². The number of ether oxygens (including phenoxy) is 1. The number of hydrogen-bond acceptors (Lipinski definition) is 5. The molecule has 3 N–H and O–H groups in total. The van der Waals surface area contributed by atoms with Gasteiger partial charge in [0.1, 0.15) is 25.0 Å². The van der Waals surface area contributed by atoms with Crippen molar-refractivity contribution in [2.75, 3.05) is 0 Å². The Morgan fingerprint density at radius 2 is 1.45 bits per heavy atom. The minimum absolute atomic E-state index is 0.0808. The molecule has 8 heteroatoms. The smallest absolute Gasteiger partial charge is 0.408 e. The Balaban J connectivity index is 2.83. The van der Waals surface area contributed by atoms with Crippen molar-refractivity contribution in [1.82, 2.24) is 16.0 Å². The molecule has 0 fully saturated rings. The van der Waals surface area contributed by atoms with Crippen molar-refractivity contribution in [3.63, 3.8) is 0 Å². The predicted octanol–water partition coefficient (Wildman–Crippen LogP) is 3.12. The second-order valence-electron chi connectivity index (χ2n) is 8.85. The third kappa shape index (κ3) is 11.3. The van der Waals surface area contributed by atoms with Crippen LogP contribution in [-0.4, -0.2) is 42.3 Å². The number of aldehydes is 1. The summed E-state index contributed by atoms with van der Waals surface area (Å²) < 4.78 is 5.24. The first-order valence-electron chi connectivity index (χ1n) is 11.3. The first-order chi connectivity index (χ1) is 15.7. The summed E-state index contributed by atoms with van der Waals surface area (Å²) in [4.78, 5) is 49.3. The Bertz CT molecular complexity index is 780. The fraction of sp³-hybridized carbons (Fsp3) is 0.520. The maximum atomic E-state index is 13.0. The number of carbonyl (C=O) groups is 4. The van der Waals surface area contributed by atoms with Gasteiger partial charge in [0.05, 0.1) is 6.04 Å². The average molecular weight is 460 g/mol. The summed E-state index contributed by atoms with van der Waals surface area (Å²) in [5.74, 6) is -0.708. The maximum Gasteiger partial charge on any atom is 0.408 e. The zero-order valence-corrected chi connectivity index (χ0v) is 20.0. The summed E-state index contributed by atoms with van der Waals surface area (Å²) >= 11 is 0. The van der Waals surface area contributed by atoms with Gasteiger partial charge in [-0.25, -0.2) is 4.79 Å². The second kappa shape index (κ2) is 14.8. The average Bonchev–Trinajstić information content (AvgIpc) is 2.76. The molecule has 0 aliphatic rings. The SMILES string of the molecule is C=CCC(C=O)NC(=O)C(CC(C)C)NC(=O)C(CC(C)C)NC(=O)OCc1ccccc1. The highest BCUT2D eigenvalue weighted by molar-refractivity contribution is 5.92. The van der Waals surface area contributed by atoms with E-state index in [1.54, 1.807) is 6.08 Å². The van der Waals surface area contributed by atoms with Crippen LogP contribution in [0.4, 0.5) is 4.79 Å². The minimum atomic E-state index is -0.870. The molecule has 3 amide bonds. The number of amides is 3. The van der Waals surface area contributed by atoms with Crippen LogP contribution in [0, 0.1) is 11.8 Å². The number of benzene rings is 1. The summed E-state index contributed by atoms with van der Waals surface area (Å²) in [7, 11) is 0. The van der Waals surface area contributed by atoms with E-state index in [-0.39, 0.29) is 18.4 Å². The zero-order valence-electron chi connectivity index (χ0n) is 20.0. The van der Waals surface area contributed by atoms with Crippen LogP contribution in [0.2, 0.25) is 0 Å². The molecule has 182 valence electrons. The number of nitrogens with one attached hydrogen (secondary N) is 3. The summed E-state index contributed by atoms with van der Waals surface area (Å²) in [5, 5.41) is 7.99. The molecule has 3 atom stereocenters. The quantitative estimate of drug-likeness (QED) is 0.292. The van der Waals surface area contributed by atoms with Crippen LogP contribution in [0.1, 0.15) is 52.5 Å². The maximum absolute atomic E-state index is 13.0. The van der Waals surface area contributed by atoms with Gasteiger partial charge in [-0.3, -0.25) is 9.59 Å². The standard InChI is InChI=1S/C25H37N3O5/c1-6-10-20(15-29)26-23(30)21(13-17(2)3)27-24(31)22(14-18(4)5)28-25(32)33-16-19-11-8-7-9-12-19/h6-9,11-12,15,17-18,20-22H,1,10,13-14,16H2,2-5H3,(H,26,30)(H,27,31)(H,28,32). The zero-order chi connectivity index (χ0) is 24.8. The van der Waals surface area contributed by atoms with E-state index in [4.69, 9.17) is 4.74 Å². The fourth-order valence-corrected chi connectivity index (χ4v) is 3.20. The predicted molar refractivity (Wildman–Crippen MR) is 127 cm³/mol. The first-order valence-corrected chi connectivity index (χ1v) is 11.3. The molecule has 0 saturated heterocycles. The molecule has 0 radical (unpaired) electrons. The van der Waals surface area contributed by atoms with E-state index in [1.165, 1.54) is 0 Å². The van der Waals surface area contributed by atoms with E-state index in [0.717, 1.165) is 5.56 Å². The molecule has 0 spiro atoms. The molecule has 0 aliphatic heterocycles. The van der Waals surface area contributed by atoms with E-state index in [9.17, 15) is 19.2 Å². The number of carbonyl (C=O) groups excluding carboxylic acids is 4. The third-order valence-corrected chi connectivity index (χ3v) is 4.78. The molecule has 0 saturated carbocycles. The Labute approximate surface area is 196 Å². The van der Waals surface area contributed by atoms with Crippen molar-refractivity contribution < 1.29 is 23.9 Å². The van der Waals surface area contributed by atoms with Crippen molar-refractivity contribution in [3.8, 4) is 0 Å². The molecule has 1 rings (SSSR count). The van der Waals surface area contributed by atoms with Gasteiger partial charge >= 0.3 is 6.09 Å². The van der Waals surface area contributed by atoms with Crippen LogP contribution in [0.5, 0.6) is 0 Å². The molecular weight excluding hydrogens is 422 g/mol. The van der Waals surface area contributed by atoms with Crippen molar-refractivity contribution >= 4 is 24.2 Å². The van der Waals surface area contributed by atoms with Gasteiger partial charge in [-0.2, -0.15) is 0 Å². The monoisotopic (exact) mass is 459 g/mol. The Hall–Kier alpha value is -3.16. The molecule has 0 heterocycles. The van der Waals surface area contributed by atoms with Gasteiger partial charge in [0.2, 0.25) is 11.8 Å². The van der Waals surface area contributed by atoms with Gasteiger partial charge in [-0.1, -0.05) is 64.1 Å². The third-order valence-electron chi connectivity index (χ3n) is 4.78. The van der Waals surface area contributed by atoms with Crippen LogP contribution in [0.25, 0.3) is 0 Å². The van der Waals surface area contributed by atoms with E-state index >= 15 is 0 Å². The Kier molecular flexibility index (Phi) is 12.5. The fourth-order valence-electron chi connectivity index (χ4n) is 3.20. The van der Waals surface area contributed by atoms with Crippen molar-refractivity contribution in [1.29, 1.82) is 0 Å². The lowest BCUT2D eigenvalue weighted by Gasteiger charge is -2.25. The van der Waals surface area contributed by atoms with Crippen molar-refractivity contribution in [2.45, 2.75) is 71.7 Å². The van der Waals surface area contributed by atoms with Crippen LogP contribution < -0.4 is 16.0 Å². The minimum Gasteiger partial charge on any atom is -0.445 e. The highest BCUT2D eigenvalue weighted by Crippen LogP contribution is 2.10. The van der Waals surface area contributed by atoms with Gasteiger partial charge in [-0.15, -0.1) is 6.58 Å². The molecule has 0 aliphatic carbocycles. The van der Waals surface area contributed by atoms with Crippen LogP contribution in [-0.2, 0) is 25.7 Å². The highest BCUT2D eigenvalue weighted by atomic mass is 16.5. The molecule has 1 aromatic carbocycles. The molecule has 0 bridgehead atoms. The lowest BCUT2D eigenvalue weighted by atomic mass is 10.00. The lowest BCUT2D eigenvalue weighted by molar-refractivity contribution is -0.131. The van der Waals surface area contributed by atoms with Gasteiger partial charge in [0.15, 0.2) is 0 Å². The highest BCUT2D eigenvalue weighted by Gasteiger charge is 2.29. The van der Waals surface area contributed by atoms with Gasteiger partial charge in [-0.05, 0) is 36.7 Å². The molecule has 8 nitrogen and oxygen atoms in total. The van der Waals surface area contributed by atoms with Crippen LogP contribution >= 0.6 is 0 Å². The van der Waals surface area contributed by atoms with Gasteiger partial charge in [0, 0.05) is 0 Å². The number of rotatable bonds is 14. The van der Waals surface area contributed by atoms with E-state index in [0.29, 0.717) is 25.5 Å². The summed E-state index contributed by atoms with van der Waals surface area (Å²) in [6, 6.07) is 6.79. The van der Waals surface area contributed by atoms with E-state index in [1.807, 2.05) is 58.0 Å². The summed E-state index contributed by atoms with van der Waals surface area (Å²) in [6.45, 7) is 11.4.